The van der Waals surface area contributed by atoms with Crippen LogP contribution in [0.5, 0.6) is 5.75 Å². The number of hydrogen-bond donors (Lipinski definition) is 0. The summed E-state index contributed by atoms with van der Waals surface area (Å²) in [6.07, 6.45) is 4.36. The highest BCUT2D eigenvalue weighted by Crippen LogP contribution is 2.31. The maximum atomic E-state index is 11.0. The Kier molecular flexibility index (Phi) is 3.25. The average molecular weight is 218 g/mol. The Hall–Kier alpha value is -1.77. The zero-order valence-electron chi connectivity index (χ0n) is 9.18. The SMILES string of the molecule is CC(=O)O[C@@H]1C/C=C\COc2ccccc21. The van der Waals surface area contributed by atoms with E-state index in [0.717, 1.165) is 11.3 Å². The molecule has 1 aromatic carbocycles. The van der Waals surface area contributed by atoms with Crippen LogP contribution < -0.4 is 4.74 Å². The Labute approximate surface area is 94.7 Å². The van der Waals surface area contributed by atoms with Crippen LogP contribution in [0.3, 0.4) is 0 Å². The van der Waals surface area contributed by atoms with Crippen molar-refractivity contribution in [2.45, 2.75) is 19.4 Å². The molecule has 2 rings (SSSR count). The van der Waals surface area contributed by atoms with Crippen LogP contribution in [0.1, 0.15) is 25.0 Å². The number of ether oxygens (including phenoxy) is 2. The Balaban J connectivity index is 2.31. The van der Waals surface area contributed by atoms with Gasteiger partial charge in [0.2, 0.25) is 0 Å². The molecule has 3 heteroatoms. The quantitative estimate of drug-likeness (QED) is 0.537. The van der Waals surface area contributed by atoms with Gasteiger partial charge in [0.05, 0.1) is 0 Å². The van der Waals surface area contributed by atoms with Crippen molar-refractivity contribution < 1.29 is 14.3 Å². The normalized spacial score (nSPS) is 20.9. The van der Waals surface area contributed by atoms with Crippen molar-refractivity contribution in [2.75, 3.05) is 6.61 Å². The molecule has 0 aromatic heterocycles. The molecule has 0 radical (unpaired) electrons. The lowest BCUT2D eigenvalue weighted by atomic mass is 10.0. The topological polar surface area (TPSA) is 35.5 Å². The van der Waals surface area contributed by atoms with Gasteiger partial charge < -0.3 is 9.47 Å². The molecule has 16 heavy (non-hydrogen) atoms. The summed E-state index contributed by atoms with van der Waals surface area (Å²) in [6.45, 7) is 1.98. The van der Waals surface area contributed by atoms with Crippen molar-refractivity contribution in [3.8, 4) is 5.75 Å². The lowest BCUT2D eigenvalue weighted by Gasteiger charge is -2.20. The van der Waals surface area contributed by atoms with Crippen LogP contribution in [0.2, 0.25) is 0 Å². The van der Waals surface area contributed by atoms with Crippen molar-refractivity contribution >= 4 is 5.97 Å². The molecule has 0 amide bonds. The Morgan fingerprint density at radius 2 is 2.19 bits per heavy atom. The molecule has 0 spiro atoms. The molecule has 1 aliphatic heterocycles. The van der Waals surface area contributed by atoms with Crippen molar-refractivity contribution in [3.63, 3.8) is 0 Å². The van der Waals surface area contributed by atoms with E-state index in [-0.39, 0.29) is 12.1 Å². The number of fused-ring (bicyclic) bond motifs is 1. The first kappa shape index (κ1) is 10.7. The van der Waals surface area contributed by atoms with Crippen LogP contribution in [0.15, 0.2) is 36.4 Å². The fourth-order valence-corrected chi connectivity index (χ4v) is 1.74. The summed E-state index contributed by atoms with van der Waals surface area (Å²) in [6, 6.07) is 7.66. The monoisotopic (exact) mass is 218 g/mol. The predicted octanol–water partition coefficient (Wildman–Crippen LogP) is 2.63. The van der Waals surface area contributed by atoms with Gasteiger partial charge in [-0.25, -0.2) is 0 Å². The van der Waals surface area contributed by atoms with Gasteiger partial charge in [-0.1, -0.05) is 30.4 Å². The van der Waals surface area contributed by atoms with Gasteiger partial charge in [0, 0.05) is 18.9 Å². The summed E-state index contributed by atoms with van der Waals surface area (Å²) in [5.74, 6) is 0.520. The van der Waals surface area contributed by atoms with E-state index in [1.807, 2.05) is 36.4 Å². The van der Waals surface area contributed by atoms with E-state index in [2.05, 4.69) is 0 Å². The third-order valence-electron chi connectivity index (χ3n) is 2.43. The number of benzene rings is 1. The zero-order chi connectivity index (χ0) is 11.4. The lowest BCUT2D eigenvalue weighted by molar-refractivity contribution is -0.146. The first-order valence-corrected chi connectivity index (χ1v) is 5.31. The molecule has 0 bridgehead atoms. The summed E-state index contributed by atoms with van der Waals surface area (Å²) in [7, 11) is 0. The first-order chi connectivity index (χ1) is 7.77. The third kappa shape index (κ3) is 2.42. The summed E-state index contributed by atoms with van der Waals surface area (Å²) >= 11 is 0. The molecule has 84 valence electrons. The summed E-state index contributed by atoms with van der Waals surface area (Å²) in [5.41, 5.74) is 0.932. The molecule has 0 saturated heterocycles. The lowest BCUT2D eigenvalue weighted by Crippen LogP contribution is -2.11. The van der Waals surface area contributed by atoms with Gasteiger partial charge in [-0.05, 0) is 6.07 Å². The van der Waals surface area contributed by atoms with Crippen LogP contribution in [0, 0.1) is 0 Å². The number of hydrogen-bond acceptors (Lipinski definition) is 3. The summed E-state index contributed by atoms with van der Waals surface area (Å²) < 4.78 is 10.8. The molecule has 0 N–H and O–H groups in total. The van der Waals surface area contributed by atoms with Gasteiger partial charge in [0.1, 0.15) is 18.5 Å². The Morgan fingerprint density at radius 3 is 3.00 bits per heavy atom. The van der Waals surface area contributed by atoms with Gasteiger partial charge in [-0.15, -0.1) is 0 Å². The van der Waals surface area contributed by atoms with Crippen molar-refractivity contribution in [1.82, 2.24) is 0 Å². The van der Waals surface area contributed by atoms with E-state index in [4.69, 9.17) is 9.47 Å². The van der Waals surface area contributed by atoms with Crippen LogP contribution in [-0.4, -0.2) is 12.6 Å². The third-order valence-corrected chi connectivity index (χ3v) is 2.43. The van der Waals surface area contributed by atoms with Crippen LogP contribution in [0.4, 0.5) is 0 Å². The first-order valence-electron chi connectivity index (χ1n) is 5.31. The smallest absolute Gasteiger partial charge is 0.303 e. The highest BCUT2D eigenvalue weighted by Gasteiger charge is 2.18. The predicted molar refractivity (Wildman–Crippen MR) is 60.2 cm³/mol. The standard InChI is InChI=1S/C13H14O3/c1-10(14)16-13-8-4-5-9-15-12-7-3-2-6-11(12)13/h2-7,13H,8-9H2,1H3/b5-4-/t13-/m1/s1. The second-order valence-corrected chi connectivity index (χ2v) is 3.65. The zero-order valence-corrected chi connectivity index (χ0v) is 9.18. The van der Waals surface area contributed by atoms with Crippen molar-refractivity contribution in [1.29, 1.82) is 0 Å². The molecular formula is C13H14O3. The van der Waals surface area contributed by atoms with Crippen molar-refractivity contribution in [2.24, 2.45) is 0 Å². The molecule has 0 saturated carbocycles. The minimum Gasteiger partial charge on any atom is -0.489 e. The average Bonchev–Trinajstić information content (AvgIpc) is 2.24. The number of esters is 1. The Bertz CT molecular complexity index is 409. The maximum Gasteiger partial charge on any atom is 0.303 e. The number of rotatable bonds is 1. The molecule has 1 heterocycles. The van der Waals surface area contributed by atoms with Gasteiger partial charge in [-0.3, -0.25) is 4.79 Å². The van der Waals surface area contributed by atoms with E-state index in [1.165, 1.54) is 6.92 Å². The molecule has 0 aliphatic carbocycles. The second kappa shape index (κ2) is 4.84. The largest absolute Gasteiger partial charge is 0.489 e. The van der Waals surface area contributed by atoms with E-state index in [0.29, 0.717) is 13.0 Å². The fraction of sp³-hybridized carbons (Fsp3) is 0.308. The van der Waals surface area contributed by atoms with Crippen LogP contribution >= 0.6 is 0 Å². The fourth-order valence-electron chi connectivity index (χ4n) is 1.74. The van der Waals surface area contributed by atoms with E-state index in [9.17, 15) is 4.79 Å². The van der Waals surface area contributed by atoms with Gasteiger partial charge in [-0.2, -0.15) is 0 Å². The Morgan fingerprint density at radius 1 is 1.38 bits per heavy atom. The molecular weight excluding hydrogens is 204 g/mol. The van der Waals surface area contributed by atoms with Crippen LogP contribution in [-0.2, 0) is 9.53 Å². The maximum absolute atomic E-state index is 11.0. The number of carbonyl (C=O) groups is 1. The van der Waals surface area contributed by atoms with Gasteiger partial charge in [0.15, 0.2) is 0 Å². The van der Waals surface area contributed by atoms with E-state index < -0.39 is 0 Å². The molecule has 1 aromatic rings. The molecule has 0 unspecified atom stereocenters. The number of carbonyl (C=O) groups excluding carboxylic acids is 1. The van der Waals surface area contributed by atoms with Gasteiger partial charge in [0.25, 0.3) is 0 Å². The summed E-state index contributed by atoms with van der Waals surface area (Å²) in [5, 5.41) is 0. The van der Waals surface area contributed by atoms with Crippen LogP contribution in [0.25, 0.3) is 0 Å². The molecule has 1 aliphatic rings. The number of para-hydroxylation sites is 1. The summed E-state index contributed by atoms with van der Waals surface area (Å²) in [4.78, 5) is 11.0. The molecule has 3 nitrogen and oxygen atoms in total. The highest BCUT2D eigenvalue weighted by molar-refractivity contribution is 5.66. The van der Waals surface area contributed by atoms with Crippen molar-refractivity contribution in [3.05, 3.63) is 42.0 Å². The molecule has 0 fully saturated rings. The minimum atomic E-state index is -0.270. The second-order valence-electron chi connectivity index (χ2n) is 3.65. The van der Waals surface area contributed by atoms with E-state index >= 15 is 0 Å². The van der Waals surface area contributed by atoms with E-state index in [1.54, 1.807) is 0 Å². The highest BCUT2D eigenvalue weighted by atomic mass is 16.5. The van der Waals surface area contributed by atoms with Gasteiger partial charge >= 0.3 is 5.97 Å². The minimum absolute atomic E-state index is 0.245. The molecule has 1 atom stereocenters.